The maximum atomic E-state index is 13.0. The molecular formula is C13H18ClN5O2S. The highest BCUT2D eigenvalue weighted by Crippen LogP contribution is 2.32. The van der Waals surface area contributed by atoms with Crippen molar-refractivity contribution in [2.24, 2.45) is 7.05 Å². The van der Waals surface area contributed by atoms with E-state index in [4.69, 9.17) is 11.6 Å². The number of aryl methyl sites for hydroxylation is 2. The lowest BCUT2D eigenvalue weighted by atomic mass is 10.2. The van der Waals surface area contributed by atoms with Crippen molar-refractivity contribution in [1.82, 2.24) is 23.6 Å². The molecule has 1 saturated heterocycles. The maximum absolute atomic E-state index is 13.0. The summed E-state index contributed by atoms with van der Waals surface area (Å²) in [6.07, 6.45) is 6.90. The van der Waals surface area contributed by atoms with Gasteiger partial charge in [-0.1, -0.05) is 11.6 Å². The van der Waals surface area contributed by atoms with Gasteiger partial charge in [0.25, 0.3) is 0 Å². The summed E-state index contributed by atoms with van der Waals surface area (Å²) >= 11 is 6.15. The highest BCUT2D eigenvalue weighted by atomic mass is 35.5. The molecule has 1 atom stereocenters. The smallest absolute Gasteiger partial charge is 0.248 e. The molecule has 2 aromatic rings. The van der Waals surface area contributed by atoms with Gasteiger partial charge in [-0.25, -0.2) is 13.4 Å². The lowest BCUT2D eigenvalue weighted by molar-refractivity contribution is 0.352. The molecule has 0 aromatic carbocycles. The van der Waals surface area contributed by atoms with Gasteiger partial charge in [-0.15, -0.1) is 0 Å². The summed E-state index contributed by atoms with van der Waals surface area (Å²) in [5, 5.41) is 4.27. The first-order valence-electron chi connectivity index (χ1n) is 7.08. The van der Waals surface area contributed by atoms with Crippen LogP contribution in [0.2, 0.25) is 5.15 Å². The number of aromatic nitrogens is 4. The van der Waals surface area contributed by atoms with Crippen LogP contribution in [-0.2, 0) is 23.6 Å². The summed E-state index contributed by atoms with van der Waals surface area (Å²) in [6, 6.07) is -0.0881. The molecule has 7 nitrogen and oxygen atoms in total. The van der Waals surface area contributed by atoms with Crippen LogP contribution in [0, 0.1) is 6.92 Å². The minimum Gasteiger partial charge on any atom is -0.336 e. The van der Waals surface area contributed by atoms with Crippen LogP contribution in [0.15, 0.2) is 23.6 Å². The number of hydrogen-bond donors (Lipinski definition) is 0. The molecule has 1 aliphatic heterocycles. The van der Waals surface area contributed by atoms with Crippen LogP contribution in [0.25, 0.3) is 0 Å². The minimum absolute atomic E-state index is 0.0881. The van der Waals surface area contributed by atoms with Gasteiger partial charge in [-0.05, 0) is 19.8 Å². The number of halogens is 1. The van der Waals surface area contributed by atoms with Crippen LogP contribution in [0.3, 0.4) is 0 Å². The Morgan fingerprint density at radius 2 is 2.23 bits per heavy atom. The zero-order chi connectivity index (χ0) is 15.9. The van der Waals surface area contributed by atoms with E-state index in [1.165, 1.54) is 4.68 Å². The lowest BCUT2D eigenvalue weighted by Gasteiger charge is -2.24. The van der Waals surface area contributed by atoms with Crippen molar-refractivity contribution in [3.8, 4) is 0 Å². The Hall–Kier alpha value is -1.38. The molecule has 0 bridgehead atoms. The Morgan fingerprint density at radius 3 is 2.82 bits per heavy atom. The van der Waals surface area contributed by atoms with E-state index in [0.717, 1.165) is 12.8 Å². The first-order valence-corrected chi connectivity index (χ1v) is 8.89. The summed E-state index contributed by atoms with van der Waals surface area (Å²) in [4.78, 5) is 4.12. The average molecular weight is 344 g/mol. The molecule has 0 saturated carbocycles. The van der Waals surface area contributed by atoms with E-state index in [1.807, 2.05) is 10.8 Å². The summed E-state index contributed by atoms with van der Waals surface area (Å²) in [5.74, 6) is 0. The van der Waals surface area contributed by atoms with Crippen molar-refractivity contribution in [3.05, 3.63) is 29.6 Å². The largest absolute Gasteiger partial charge is 0.336 e. The SMILES string of the molecule is Cc1nn(C)c(Cl)c1S(=O)(=O)N1CCC[C@@H]1Cn1ccnc1. The summed E-state index contributed by atoms with van der Waals surface area (Å²) in [7, 11) is -2.01. The molecule has 0 unspecified atom stereocenters. The van der Waals surface area contributed by atoms with Crippen LogP contribution >= 0.6 is 11.6 Å². The van der Waals surface area contributed by atoms with Gasteiger partial charge in [0.15, 0.2) is 0 Å². The van der Waals surface area contributed by atoms with Crippen molar-refractivity contribution < 1.29 is 8.42 Å². The number of sulfonamides is 1. The molecule has 2 aromatic heterocycles. The molecule has 1 aliphatic rings. The van der Waals surface area contributed by atoms with Gasteiger partial charge in [0.2, 0.25) is 10.0 Å². The van der Waals surface area contributed by atoms with Gasteiger partial charge in [0, 0.05) is 38.6 Å². The van der Waals surface area contributed by atoms with Gasteiger partial charge in [0.1, 0.15) is 10.0 Å². The number of imidazole rings is 1. The molecule has 1 fully saturated rings. The van der Waals surface area contributed by atoms with Crippen molar-refractivity contribution >= 4 is 21.6 Å². The molecule has 0 N–H and O–H groups in total. The average Bonchev–Trinajstić information content (AvgIpc) is 3.14. The summed E-state index contributed by atoms with van der Waals surface area (Å²) in [5.41, 5.74) is 0.431. The third-order valence-electron chi connectivity index (χ3n) is 3.97. The first-order chi connectivity index (χ1) is 10.4. The van der Waals surface area contributed by atoms with E-state index in [-0.39, 0.29) is 16.1 Å². The predicted molar refractivity (Wildman–Crippen MR) is 82.1 cm³/mol. The summed E-state index contributed by atoms with van der Waals surface area (Å²) in [6.45, 7) is 2.77. The second-order valence-corrected chi connectivity index (χ2v) is 7.69. The lowest BCUT2D eigenvalue weighted by Crippen LogP contribution is -2.38. The highest BCUT2D eigenvalue weighted by molar-refractivity contribution is 7.89. The van der Waals surface area contributed by atoms with Crippen LogP contribution in [0.5, 0.6) is 0 Å². The van der Waals surface area contributed by atoms with Crippen molar-refractivity contribution in [3.63, 3.8) is 0 Å². The second kappa shape index (κ2) is 5.68. The van der Waals surface area contributed by atoms with E-state index in [2.05, 4.69) is 10.1 Å². The molecule has 9 heteroatoms. The fourth-order valence-electron chi connectivity index (χ4n) is 2.97. The summed E-state index contributed by atoms with van der Waals surface area (Å²) < 4.78 is 30.8. The third-order valence-corrected chi connectivity index (χ3v) is 6.62. The second-order valence-electron chi connectivity index (χ2n) is 5.50. The topological polar surface area (TPSA) is 73.0 Å². The number of nitrogens with zero attached hydrogens (tertiary/aromatic N) is 5. The number of rotatable bonds is 4. The monoisotopic (exact) mass is 343 g/mol. The van der Waals surface area contributed by atoms with E-state index in [9.17, 15) is 8.42 Å². The van der Waals surface area contributed by atoms with E-state index < -0.39 is 10.0 Å². The van der Waals surface area contributed by atoms with E-state index >= 15 is 0 Å². The normalized spacial score (nSPS) is 19.9. The molecule has 0 amide bonds. The number of hydrogen-bond acceptors (Lipinski definition) is 4. The fraction of sp³-hybridized carbons (Fsp3) is 0.538. The van der Waals surface area contributed by atoms with Crippen molar-refractivity contribution in [2.45, 2.75) is 37.2 Å². The standard InChI is InChI=1S/C13H18ClN5O2S/c1-10-12(13(14)17(2)16-10)22(20,21)19-6-3-4-11(19)8-18-7-5-15-9-18/h5,7,9,11H,3-4,6,8H2,1-2H3/t11-/m1/s1. The van der Waals surface area contributed by atoms with Crippen LogP contribution in [0.1, 0.15) is 18.5 Å². The van der Waals surface area contributed by atoms with Crippen molar-refractivity contribution in [2.75, 3.05) is 6.54 Å². The Morgan fingerprint density at radius 1 is 1.45 bits per heavy atom. The third kappa shape index (κ3) is 2.55. The van der Waals surface area contributed by atoms with Crippen LogP contribution in [-0.4, -0.2) is 44.6 Å². The molecule has 0 aliphatic carbocycles. The van der Waals surface area contributed by atoms with Crippen LogP contribution < -0.4 is 0 Å². The Bertz CT molecular complexity index is 769. The highest BCUT2D eigenvalue weighted by Gasteiger charge is 2.38. The Labute approximate surface area is 134 Å². The Balaban J connectivity index is 1.94. The molecule has 3 rings (SSSR count). The van der Waals surface area contributed by atoms with Gasteiger partial charge in [0.05, 0.1) is 12.0 Å². The fourth-order valence-corrected chi connectivity index (χ4v) is 5.36. The maximum Gasteiger partial charge on any atom is 0.248 e. The van der Waals surface area contributed by atoms with E-state index in [0.29, 0.717) is 18.8 Å². The molecule has 3 heterocycles. The van der Waals surface area contributed by atoms with Crippen molar-refractivity contribution in [1.29, 1.82) is 0 Å². The van der Waals surface area contributed by atoms with Gasteiger partial charge in [-0.2, -0.15) is 9.40 Å². The first kappa shape index (κ1) is 15.5. The van der Waals surface area contributed by atoms with Crippen LogP contribution in [0.4, 0.5) is 0 Å². The van der Waals surface area contributed by atoms with Gasteiger partial charge < -0.3 is 4.57 Å². The molecule has 120 valence electrons. The zero-order valence-electron chi connectivity index (χ0n) is 12.5. The predicted octanol–water partition coefficient (Wildman–Crippen LogP) is 1.43. The molecule has 0 spiro atoms. The minimum atomic E-state index is -3.65. The molecule has 0 radical (unpaired) electrons. The molecular weight excluding hydrogens is 326 g/mol. The van der Waals surface area contributed by atoms with Gasteiger partial charge in [-0.3, -0.25) is 4.68 Å². The van der Waals surface area contributed by atoms with E-state index in [1.54, 1.807) is 30.8 Å². The van der Waals surface area contributed by atoms with Gasteiger partial charge >= 0.3 is 0 Å². The Kier molecular flexibility index (Phi) is 4.00. The quantitative estimate of drug-likeness (QED) is 0.841. The zero-order valence-corrected chi connectivity index (χ0v) is 14.0. The molecule has 22 heavy (non-hydrogen) atoms.